The Balaban J connectivity index is 1.59. The molecule has 0 saturated heterocycles. The molecule has 7 heteroatoms. The number of aromatic nitrogens is 3. The molecule has 3 aromatic rings. The van der Waals surface area contributed by atoms with Crippen LogP contribution in [0.25, 0.3) is 11.5 Å². The smallest absolute Gasteiger partial charge is 0.304 e. The molecular weight excluding hydrogens is 276 g/mol. The van der Waals surface area contributed by atoms with Crippen LogP contribution in [0.5, 0.6) is 0 Å². The van der Waals surface area contributed by atoms with Crippen molar-refractivity contribution in [2.75, 3.05) is 0 Å². The van der Waals surface area contributed by atoms with E-state index in [-0.39, 0.29) is 4.87 Å². The van der Waals surface area contributed by atoms with Gasteiger partial charge in [-0.1, -0.05) is 29.5 Å². The number of aromatic amines is 1. The van der Waals surface area contributed by atoms with Gasteiger partial charge in [-0.15, -0.1) is 10.2 Å². The quantitative estimate of drug-likeness (QED) is 0.747. The molecule has 0 aliphatic heterocycles. The molecule has 0 radical (unpaired) electrons. The van der Waals surface area contributed by atoms with Gasteiger partial charge in [0.2, 0.25) is 11.8 Å². The summed E-state index contributed by atoms with van der Waals surface area (Å²) in [7, 11) is 0. The van der Waals surface area contributed by atoms with E-state index >= 15 is 0 Å². The zero-order valence-electron chi connectivity index (χ0n) is 10.5. The van der Waals surface area contributed by atoms with Crippen LogP contribution in [0.4, 0.5) is 0 Å². The SMILES string of the molecule is O=c1[nH]c(CNCc2nnc(-c3ccccc3)o2)cs1. The van der Waals surface area contributed by atoms with Gasteiger partial charge in [0.15, 0.2) is 0 Å². The highest BCUT2D eigenvalue weighted by Gasteiger charge is 2.07. The molecule has 0 saturated carbocycles. The largest absolute Gasteiger partial charge is 0.419 e. The van der Waals surface area contributed by atoms with E-state index in [1.807, 2.05) is 30.3 Å². The Morgan fingerprint density at radius 2 is 2.05 bits per heavy atom. The molecule has 0 spiro atoms. The first kappa shape index (κ1) is 12.8. The molecule has 102 valence electrons. The normalized spacial score (nSPS) is 10.8. The van der Waals surface area contributed by atoms with Crippen LogP contribution < -0.4 is 10.2 Å². The lowest BCUT2D eigenvalue weighted by atomic mass is 10.2. The second kappa shape index (κ2) is 5.81. The maximum Gasteiger partial charge on any atom is 0.304 e. The summed E-state index contributed by atoms with van der Waals surface area (Å²) in [5, 5.41) is 12.9. The van der Waals surface area contributed by atoms with Crippen molar-refractivity contribution in [3.8, 4) is 11.5 Å². The van der Waals surface area contributed by atoms with Crippen LogP contribution >= 0.6 is 11.3 Å². The fourth-order valence-corrected chi connectivity index (χ4v) is 2.31. The molecule has 1 aromatic carbocycles. The minimum absolute atomic E-state index is 0.0500. The first-order valence-electron chi connectivity index (χ1n) is 6.06. The first-order chi connectivity index (χ1) is 9.81. The monoisotopic (exact) mass is 288 g/mol. The molecule has 0 amide bonds. The Hall–Kier alpha value is -2.25. The number of thiazole rings is 1. The molecule has 6 nitrogen and oxygen atoms in total. The fraction of sp³-hybridized carbons (Fsp3) is 0.154. The third kappa shape index (κ3) is 3.01. The molecule has 0 unspecified atom stereocenters. The molecule has 3 rings (SSSR count). The molecule has 0 fully saturated rings. The van der Waals surface area contributed by atoms with Crippen molar-refractivity contribution < 1.29 is 4.42 Å². The Labute approximate surface area is 118 Å². The van der Waals surface area contributed by atoms with E-state index in [1.54, 1.807) is 5.38 Å². The summed E-state index contributed by atoms with van der Waals surface area (Å²) >= 11 is 1.15. The van der Waals surface area contributed by atoms with Crippen molar-refractivity contribution in [1.82, 2.24) is 20.5 Å². The minimum Gasteiger partial charge on any atom is -0.419 e. The van der Waals surface area contributed by atoms with Gasteiger partial charge >= 0.3 is 4.87 Å². The van der Waals surface area contributed by atoms with Crippen LogP contribution in [0.3, 0.4) is 0 Å². The van der Waals surface area contributed by atoms with Crippen LogP contribution in [0.1, 0.15) is 11.6 Å². The summed E-state index contributed by atoms with van der Waals surface area (Å²) in [6.45, 7) is 1.01. The van der Waals surface area contributed by atoms with E-state index in [1.165, 1.54) is 0 Å². The number of hydrogen-bond donors (Lipinski definition) is 2. The molecule has 0 aliphatic rings. The van der Waals surface area contributed by atoms with Crippen LogP contribution in [-0.4, -0.2) is 15.2 Å². The summed E-state index contributed by atoms with van der Waals surface area (Å²) in [6.07, 6.45) is 0. The third-order valence-electron chi connectivity index (χ3n) is 2.65. The Morgan fingerprint density at radius 3 is 2.80 bits per heavy atom. The highest BCUT2D eigenvalue weighted by atomic mass is 32.1. The van der Waals surface area contributed by atoms with Gasteiger partial charge in [0.1, 0.15) is 0 Å². The lowest BCUT2D eigenvalue weighted by molar-refractivity contribution is 0.476. The maximum absolute atomic E-state index is 11.0. The molecule has 0 aliphatic carbocycles. The van der Waals surface area contributed by atoms with Crippen LogP contribution in [0, 0.1) is 0 Å². The molecule has 2 heterocycles. The zero-order valence-corrected chi connectivity index (χ0v) is 11.3. The van der Waals surface area contributed by atoms with Gasteiger partial charge in [-0.2, -0.15) is 0 Å². The molecule has 0 bridgehead atoms. The second-order valence-corrected chi connectivity index (χ2v) is 4.99. The summed E-state index contributed by atoms with van der Waals surface area (Å²) < 4.78 is 5.56. The Morgan fingerprint density at radius 1 is 1.20 bits per heavy atom. The highest BCUT2D eigenvalue weighted by molar-refractivity contribution is 7.07. The predicted molar refractivity (Wildman–Crippen MR) is 75.2 cm³/mol. The van der Waals surface area contributed by atoms with E-state index < -0.39 is 0 Å². The van der Waals surface area contributed by atoms with E-state index in [0.717, 1.165) is 22.6 Å². The average molecular weight is 288 g/mol. The average Bonchev–Trinajstić information content (AvgIpc) is 3.09. The van der Waals surface area contributed by atoms with Gasteiger partial charge in [0.25, 0.3) is 0 Å². The summed E-state index contributed by atoms with van der Waals surface area (Å²) in [6, 6.07) is 9.61. The van der Waals surface area contributed by atoms with Gasteiger partial charge in [-0.05, 0) is 12.1 Å². The van der Waals surface area contributed by atoms with Crippen molar-refractivity contribution in [3.63, 3.8) is 0 Å². The van der Waals surface area contributed by atoms with Gasteiger partial charge in [-0.25, -0.2) is 0 Å². The third-order valence-corrected chi connectivity index (χ3v) is 3.37. The molecule has 2 N–H and O–H groups in total. The number of benzene rings is 1. The number of H-pyrrole nitrogens is 1. The lowest BCUT2D eigenvalue weighted by Gasteiger charge is -1.98. The molecule has 0 atom stereocenters. The lowest BCUT2D eigenvalue weighted by Crippen LogP contribution is -2.14. The van der Waals surface area contributed by atoms with Crippen molar-refractivity contribution in [2.24, 2.45) is 0 Å². The van der Waals surface area contributed by atoms with Crippen molar-refractivity contribution in [3.05, 3.63) is 57.0 Å². The van der Waals surface area contributed by atoms with Gasteiger partial charge in [0, 0.05) is 23.2 Å². The second-order valence-electron chi connectivity index (χ2n) is 4.14. The van der Waals surface area contributed by atoms with E-state index in [4.69, 9.17) is 4.42 Å². The molecular formula is C13H12N4O2S. The van der Waals surface area contributed by atoms with E-state index in [9.17, 15) is 4.79 Å². The Kier molecular flexibility index (Phi) is 3.71. The molecule has 20 heavy (non-hydrogen) atoms. The maximum atomic E-state index is 11.0. The standard InChI is InChI=1S/C13H12N4O2S/c18-13-15-10(8-20-13)6-14-7-11-16-17-12(19-11)9-4-2-1-3-5-9/h1-5,8,14H,6-7H2,(H,15,18). The summed E-state index contributed by atoms with van der Waals surface area (Å²) in [5.41, 5.74) is 1.75. The van der Waals surface area contributed by atoms with Gasteiger partial charge in [-0.3, -0.25) is 4.79 Å². The van der Waals surface area contributed by atoms with Crippen molar-refractivity contribution >= 4 is 11.3 Å². The fourth-order valence-electron chi connectivity index (χ4n) is 1.73. The Bertz CT molecular complexity index is 732. The van der Waals surface area contributed by atoms with Crippen LogP contribution in [-0.2, 0) is 13.1 Å². The summed E-state index contributed by atoms with van der Waals surface area (Å²) in [4.78, 5) is 13.7. The topological polar surface area (TPSA) is 83.8 Å². The van der Waals surface area contributed by atoms with Gasteiger partial charge in [0.05, 0.1) is 6.54 Å². The predicted octanol–water partition coefficient (Wildman–Crippen LogP) is 1.78. The van der Waals surface area contributed by atoms with Crippen molar-refractivity contribution in [2.45, 2.75) is 13.1 Å². The van der Waals surface area contributed by atoms with Crippen LogP contribution in [0.15, 0.2) is 44.9 Å². The summed E-state index contributed by atoms with van der Waals surface area (Å²) in [5.74, 6) is 1.02. The highest BCUT2D eigenvalue weighted by Crippen LogP contribution is 2.16. The molecule has 2 aromatic heterocycles. The van der Waals surface area contributed by atoms with E-state index in [2.05, 4.69) is 20.5 Å². The first-order valence-corrected chi connectivity index (χ1v) is 6.94. The number of nitrogens with one attached hydrogen (secondary N) is 2. The van der Waals surface area contributed by atoms with E-state index in [0.29, 0.717) is 24.9 Å². The number of hydrogen-bond acceptors (Lipinski definition) is 6. The minimum atomic E-state index is -0.0500. The van der Waals surface area contributed by atoms with Crippen LogP contribution in [0.2, 0.25) is 0 Å². The number of rotatable bonds is 5. The van der Waals surface area contributed by atoms with Gasteiger partial charge < -0.3 is 14.7 Å². The zero-order chi connectivity index (χ0) is 13.8. The number of nitrogens with zero attached hydrogens (tertiary/aromatic N) is 2. The van der Waals surface area contributed by atoms with Crippen molar-refractivity contribution in [1.29, 1.82) is 0 Å².